The predicted molar refractivity (Wildman–Crippen MR) is 60.1 cm³/mol. The first-order valence-corrected chi connectivity index (χ1v) is 5.91. The molecule has 80 valence electrons. The molecule has 2 aliphatic rings. The number of nitrogens with two attached hydrogens (primary N) is 1. The Bertz CT molecular complexity index is 222. The van der Waals surface area contributed by atoms with Gasteiger partial charge in [-0.15, -0.1) is 0 Å². The van der Waals surface area contributed by atoms with E-state index in [0.29, 0.717) is 12.0 Å². The third-order valence-corrected chi connectivity index (χ3v) is 3.62. The summed E-state index contributed by atoms with van der Waals surface area (Å²) in [6.45, 7) is 5.87. The molecule has 0 amide bonds. The largest absolute Gasteiger partial charge is 0.327 e. The molecule has 14 heavy (non-hydrogen) atoms. The zero-order valence-corrected chi connectivity index (χ0v) is 9.21. The fraction of sp³-hybridized carbons (Fsp3) is 0.833. The summed E-state index contributed by atoms with van der Waals surface area (Å²) in [4.78, 5) is 2.57. The van der Waals surface area contributed by atoms with Crippen LogP contribution >= 0.6 is 0 Å². The highest BCUT2D eigenvalue weighted by atomic mass is 15.1. The van der Waals surface area contributed by atoms with Crippen molar-refractivity contribution in [2.75, 3.05) is 19.6 Å². The minimum Gasteiger partial charge on any atom is -0.327 e. The molecule has 0 spiro atoms. The third kappa shape index (κ3) is 2.37. The van der Waals surface area contributed by atoms with Gasteiger partial charge < -0.3 is 5.73 Å². The van der Waals surface area contributed by atoms with Crippen LogP contribution in [0.5, 0.6) is 0 Å². The van der Waals surface area contributed by atoms with Crippen molar-refractivity contribution in [1.82, 2.24) is 4.90 Å². The Morgan fingerprint density at radius 3 is 3.07 bits per heavy atom. The van der Waals surface area contributed by atoms with Crippen LogP contribution < -0.4 is 5.73 Å². The van der Waals surface area contributed by atoms with E-state index >= 15 is 0 Å². The van der Waals surface area contributed by atoms with E-state index in [9.17, 15) is 0 Å². The quantitative estimate of drug-likeness (QED) is 0.679. The monoisotopic (exact) mass is 194 g/mol. The summed E-state index contributed by atoms with van der Waals surface area (Å²) in [7, 11) is 0. The van der Waals surface area contributed by atoms with Crippen molar-refractivity contribution in [2.45, 2.75) is 38.6 Å². The van der Waals surface area contributed by atoms with Gasteiger partial charge in [0.05, 0.1) is 0 Å². The molecule has 2 rings (SSSR count). The number of hydrogen-bond donors (Lipinski definition) is 1. The number of hydrogen-bond acceptors (Lipinski definition) is 2. The summed E-state index contributed by atoms with van der Waals surface area (Å²) in [5, 5.41) is 0. The predicted octanol–water partition coefficient (Wildman–Crippen LogP) is 1.77. The molecule has 0 aromatic rings. The van der Waals surface area contributed by atoms with Gasteiger partial charge in [-0.3, -0.25) is 4.90 Å². The van der Waals surface area contributed by atoms with Crippen molar-refractivity contribution in [2.24, 2.45) is 11.7 Å². The van der Waals surface area contributed by atoms with Crippen LogP contribution in [0.4, 0.5) is 0 Å². The van der Waals surface area contributed by atoms with Gasteiger partial charge in [0.25, 0.3) is 0 Å². The Balaban J connectivity index is 1.81. The van der Waals surface area contributed by atoms with Crippen molar-refractivity contribution in [1.29, 1.82) is 0 Å². The zero-order valence-electron chi connectivity index (χ0n) is 9.21. The first kappa shape index (κ1) is 10.2. The summed E-state index contributed by atoms with van der Waals surface area (Å²) in [5.74, 6) is 0.672. The smallest absolute Gasteiger partial charge is 0.0192 e. The van der Waals surface area contributed by atoms with Crippen LogP contribution in [-0.2, 0) is 0 Å². The first-order valence-electron chi connectivity index (χ1n) is 5.91. The summed E-state index contributed by atoms with van der Waals surface area (Å²) >= 11 is 0. The molecule has 0 radical (unpaired) electrons. The van der Waals surface area contributed by atoms with Crippen LogP contribution in [0.1, 0.15) is 32.6 Å². The Morgan fingerprint density at radius 2 is 2.43 bits per heavy atom. The zero-order chi connectivity index (χ0) is 9.97. The van der Waals surface area contributed by atoms with Crippen molar-refractivity contribution in [3.8, 4) is 0 Å². The van der Waals surface area contributed by atoms with Gasteiger partial charge in [-0.1, -0.05) is 18.6 Å². The van der Waals surface area contributed by atoms with Crippen LogP contribution in [0.3, 0.4) is 0 Å². The lowest BCUT2D eigenvalue weighted by molar-refractivity contribution is 0.176. The minimum absolute atomic E-state index is 0.434. The number of likely N-dealkylation sites (tertiary alicyclic amines) is 1. The Labute approximate surface area is 87.2 Å². The van der Waals surface area contributed by atoms with E-state index in [1.807, 2.05) is 0 Å². The van der Waals surface area contributed by atoms with Gasteiger partial charge in [-0.05, 0) is 38.1 Å². The molecule has 1 aliphatic carbocycles. The van der Waals surface area contributed by atoms with E-state index in [2.05, 4.69) is 17.9 Å². The Hall–Kier alpha value is -0.340. The van der Waals surface area contributed by atoms with Crippen LogP contribution in [0.2, 0.25) is 0 Å². The van der Waals surface area contributed by atoms with Gasteiger partial charge in [0.15, 0.2) is 0 Å². The van der Waals surface area contributed by atoms with Crippen molar-refractivity contribution >= 4 is 0 Å². The van der Waals surface area contributed by atoms with E-state index in [-0.39, 0.29) is 0 Å². The van der Waals surface area contributed by atoms with Crippen molar-refractivity contribution < 1.29 is 0 Å². The highest BCUT2D eigenvalue weighted by molar-refractivity contribution is 5.09. The average Bonchev–Trinajstić information content (AvgIpc) is 2.64. The molecule has 1 saturated heterocycles. The molecule has 0 aromatic heterocycles. The van der Waals surface area contributed by atoms with Crippen molar-refractivity contribution in [3.63, 3.8) is 0 Å². The maximum Gasteiger partial charge on any atom is 0.0192 e. The molecule has 2 atom stereocenters. The van der Waals surface area contributed by atoms with Crippen LogP contribution in [0.15, 0.2) is 11.6 Å². The van der Waals surface area contributed by atoms with E-state index in [1.165, 1.54) is 45.3 Å². The molecule has 0 aromatic carbocycles. The topological polar surface area (TPSA) is 29.3 Å². The van der Waals surface area contributed by atoms with Gasteiger partial charge in [0.2, 0.25) is 0 Å². The molecule has 2 heteroatoms. The van der Waals surface area contributed by atoms with Gasteiger partial charge in [0.1, 0.15) is 0 Å². The number of nitrogens with zero attached hydrogens (tertiary/aromatic N) is 1. The molecule has 2 unspecified atom stereocenters. The van der Waals surface area contributed by atoms with Gasteiger partial charge in [-0.25, -0.2) is 0 Å². The highest BCUT2D eigenvalue weighted by Gasteiger charge is 2.23. The molecular weight excluding hydrogens is 172 g/mol. The number of piperidine rings is 1. The minimum atomic E-state index is 0.434. The molecule has 1 aliphatic heterocycles. The van der Waals surface area contributed by atoms with Crippen LogP contribution in [0.25, 0.3) is 0 Å². The molecular formula is C12H22N2. The third-order valence-electron chi connectivity index (χ3n) is 3.62. The SMILES string of the molecule is CC1CN(CC2=CCCC2)CCC1N. The van der Waals surface area contributed by atoms with Crippen LogP contribution in [-0.4, -0.2) is 30.6 Å². The second-order valence-corrected chi connectivity index (χ2v) is 4.92. The second-order valence-electron chi connectivity index (χ2n) is 4.92. The lowest BCUT2D eigenvalue weighted by Gasteiger charge is -2.35. The Morgan fingerprint density at radius 1 is 1.57 bits per heavy atom. The molecule has 1 heterocycles. The van der Waals surface area contributed by atoms with E-state index < -0.39 is 0 Å². The fourth-order valence-corrected chi connectivity index (χ4v) is 2.56. The second kappa shape index (κ2) is 4.45. The van der Waals surface area contributed by atoms with E-state index in [0.717, 1.165) is 0 Å². The standard InChI is InChI=1S/C12H22N2/c1-10-8-14(7-6-12(10)13)9-11-4-2-3-5-11/h4,10,12H,2-3,5-9,13H2,1H3. The lowest BCUT2D eigenvalue weighted by atomic mass is 9.94. The average molecular weight is 194 g/mol. The first-order chi connectivity index (χ1) is 6.75. The highest BCUT2D eigenvalue weighted by Crippen LogP contribution is 2.21. The summed E-state index contributed by atoms with van der Waals surface area (Å²) in [6, 6.07) is 0.434. The summed E-state index contributed by atoms with van der Waals surface area (Å²) in [6.07, 6.45) is 7.61. The normalized spacial score (nSPS) is 34.6. The summed E-state index contributed by atoms with van der Waals surface area (Å²) in [5.41, 5.74) is 7.67. The molecule has 1 fully saturated rings. The van der Waals surface area contributed by atoms with Gasteiger partial charge in [0, 0.05) is 19.1 Å². The van der Waals surface area contributed by atoms with Crippen LogP contribution in [0, 0.1) is 5.92 Å². The molecule has 0 saturated carbocycles. The van der Waals surface area contributed by atoms with E-state index in [1.54, 1.807) is 5.57 Å². The van der Waals surface area contributed by atoms with Gasteiger partial charge >= 0.3 is 0 Å². The van der Waals surface area contributed by atoms with E-state index in [4.69, 9.17) is 5.73 Å². The molecule has 2 N–H and O–H groups in total. The summed E-state index contributed by atoms with van der Waals surface area (Å²) < 4.78 is 0. The maximum atomic E-state index is 6.01. The molecule has 2 nitrogen and oxygen atoms in total. The number of rotatable bonds is 2. The van der Waals surface area contributed by atoms with Gasteiger partial charge in [-0.2, -0.15) is 0 Å². The fourth-order valence-electron chi connectivity index (χ4n) is 2.56. The van der Waals surface area contributed by atoms with Crippen molar-refractivity contribution in [3.05, 3.63) is 11.6 Å². The lowest BCUT2D eigenvalue weighted by Crippen LogP contribution is -2.46. The number of allylic oxidation sites excluding steroid dienone is 1. The Kier molecular flexibility index (Phi) is 3.24. The molecule has 0 bridgehead atoms. The maximum absolute atomic E-state index is 6.01.